The van der Waals surface area contributed by atoms with Crippen LogP contribution in [0.4, 0.5) is 0 Å². The highest BCUT2D eigenvalue weighted by atomic mass is 35.5. The molecule has 2 rings (SSSR count). The van der Waals surface area contributed by atoms with Gasteiger partial charge in [0.05, 0.1) is 0 Å². The zero-order chi connectivity index (χ0) is 14.2. The van der Waals surface area contributed by atoms with Gasteiger partial charge < -0.3 is 15.4 Å². The van der Waals surface area contributed by atoms with Crippen LogP contribution in [0.1, 0.15) is 51.9 Å². The van der Waals surface area contributed by atoms with Crippen LogP contribution in [0.15, 0.2) is 0 Å². The van der Waals surface area contributed by atoms with E-state index in [2.05, 4.69) is 17.6 Å². The number of ether oxygens (including phenoxy) is 1. The first-order valence-electron chi connectivity index (χ1n) is 8.37. The molecule has 21 heavy (non-hydrogen) atoms. The van der Waals surface area contributed by atoms with Crippen molar-refractivity contribution in [1.82, 2.24) is 10.6 Å². The molecule has 2 heterocycles. The first kappa shape index (κ1) is 18.7. The van der Waals surface area contributed by atoms with E-state index in [1.54, 1.807) is 0 Å². The Balaban J connectivity index is 0.00000220. The lowest BCUT2D eigenvalue weighted by Crippen LogP contribution is -2.42. The summed E-state index contributed by atoms with van der Waals surface area (Å²) in [6, 6.07) is 0.347. The third-order valence-corrected chi connectivity index (χ3v) is 4.86. The summed E-state index contributed by atoms with van der Waals surface area (Å²) in [5, 5.41) is 6.64. The van der Waals surface area contributed by atoms with E-state index in [1.807, 2.05) is 0 Å². The molecule has 2 saturated heterocycles. The first-order valence-corrected chi connectivity index (χ1v) is 8.37. The van der Waals surface area contributed by atoms with E-state index < -0.39 is 0 Å². The lowest BCUT2D eigenvalue weighted by atomic mass is 9.89. The molecule has 124 valence electrons. The van der Waals surface area contributed by atoms with Crippen LogP contribution < -0.4 is 10.6 Å². The number of carbonyl (C=O) groups is 1. The van der Waals surface area contributed by atoms with Crippen LogP contribution in [0, 0.1) is 11.8 Å². The first-order chi connectivity index (χ1) is 9.79. The van der Waals surface area contributed by atoms with Gasteiger partial charge in [0.1, 0.15) is 0 Å². The molecular formula is C16H31ClN2O2. The highest BCUT2D eigenvalue weighted by Gasteiger charge is 2.24. The number of amides is 1. The van der Waals surface area contributed by atoms with Crippen LogP contribution >= 0.6 is 12.4 Å². The lowest BCUT2D eigenvalue weighted by Gasteiger charge is -2.30. The Hall–Kier alpha value is -0.320. The molecule has 1 unspecified atom stereocenters. The molecule has 1 atom stereocenters. The van der Waals surface area contributed by atoms with E-state index in [1.165, 1.54) is 12.8 Å². The molecule has 5 heteroatoms. The molecule has 1 amide bonds. The van der Waals surface area contributed by atoms with Gasteiger partial charge in [0, 0.05) is 25.7 Å². The summed E-state index contributed by atoms with van der Waals surface area (Å²) in [6.45, 7) is 6.11. The number of rotatable bonds is 6. The van der Waals surface area contributed by atoms with Gasteiger partial charge >= 0.3 is 0 Å². The largest absolute Gasteiger partial charge is 0.381 e. The van der Waals surface area contributed by atoms with Crippen LogP contribution in [0.25, 0.3) is 0 Å². The minimum atomic E-state index is 0. The minimum Gasteiger partial charge on any atom is -0.381 e. The number of hydrogen-bond acceptors (Lipinski definition) is 3. The number of piperidine rings is 1. The van der Waals surface area contributed by atoms with Crippen LogP contribution in [0.2, 0.25) is 0 Å². The Morgan fingerprint density at radius 2 is 1.90 bits per heavy atom. The van der Waals surface area contributed by atoms with E-state index in [4.69, 9.17) is 4.74 Å². The second-order valence-corrected chi connectivity index (χ2v) is 6.26. The molecule has 0 aromatic carbocycles. The summed E-state index contributed by atoms with van der Waals surface area (Å²) in [6.07, 6.45) is 7.42. The molecule has 0 aromatic rings. The quantitative estimate of drug-likeness (QED) is 0.791. The maximum absolute atomic E-state index is 12.1. The summed E-state index contributed by atoms with van der Waals surface area (Å²) in [5.41, 5.74) is 0. The topological polar surface area (TPSA) is 50.4 Å². The fourth-order valence-corrected chi connectivity index (χ4v) is 3.46. The van der Waals surface area contributed by atoms with Gasteiger partial charge in [-0.15, -0.1) is 12.4 Å². The van der Waals surface area contributed by atoms with Crippen molar-refractivity contribution in [3.63, 3.8) is 0 Å². The zero-order valence-electron chi connectivity index (χ0n) is 13.2. The SMILES string of the molecule is CCC(NC(=O)CCC1CCNCC1)C1CCOCC1.Cl. The van der Waals surface area contributed by atoms with Crippen LogP contribution in [-0.4, -0.2) is 38.3 Å². The highest BCUT2D eigenvalue weighted by molar-refractivity contribution is 5.85. The lowest BCUT2D eigenvalue weighted by molar-refractivity contribution is -0.122. The molecule has 0 spiro atoms. The molecule has 4 nitrogen and oxygen atoms in total. The molecule has 2 fully saturated rings. The highest BCUT2D eigenvalue weighted by Crippen LogP contribution is 2.22. The predicted octanol–water partition coefficient (Wildman–Crippen LogP) is 2.51. The van der Waals surface area contributed by atoms with Gasteiger partial charge in [-0.3, -0.25) is 4.79 Å². The zero-order valence-corrected chi connectivity index (χ0v) is 14.1. The second-order valence-electron chi connectivity index (χ2n) is 6.26. The summed E-state index contributed by atoms with van der Waals surface area (Å²) in [5.74, 6) is 1.60. The molecule has 2 aliphatic heterocycles. The third-order valence-electron chi connectivity index (χ3n) is 4.86. The number of nitrogens with one attached hydrogen (secondary N) is 2. The number of halogens is 1. The standard InChI is InChI=1S/C16H30N2O2.ClH/c1-2-15(14-7-11-20-12-8-14)18-16(19)4-3-13-5-9-17-10-6-13;/h13-15,17H,2-12H2,1H3,(H,18,19);1H. The Morgan fingerprint density at radius 3 is 2.52 bits per heavy atom. The predicted molar refractivity (Wildman–Crippen MR) is 87.8 cm³/mol. The molecule has 2 N–H and O–H groups in total. The monoisotopic (exact) mass is 318 g/mol. The number of hydrogen-bond donors (Lipinski definition) is 2. The molecular weight excluding hydrogens is 288 g/mol. The van der Waals surface area contributed by atoms with Crippen molar-refractivity contribution < 1.29 is 9.53 Å². The Kier molecular flexibility index (Phi) is 9.29. The Bertz CT molecular complexity index is 290. The second kappa shape index (κ2) is 10.4. The van der Waals surface area contributed by atoms with Gasteiger partial charge in [0.2, 0.25) is 5.91 Å². The molecule has 0 aliphatic carbocycles. The van der Waals surface area contributed by atoms with Gasteiger partial charge in [-0.05, 0) is 63.5 Å². The normalized spacial score (nSPS) is 22.3. The maximum Gasteiger partial charge on any atom is 0.220 e. The van der Waals surface area contributed by atoms with Gasteiger partial charge in [-0.25, -0.2) is 0 Å². The Morgan fingerprint density at radius 1 is 1.24 bits per heavy atom. The van der Waals surface area contributed by atoms with E-state index >= 15 is 0 Å². The fourth-order valence-electron chi connectivity index (χ4n) is 3.46. The smallest absolute Gasteiger partial charge is 0.220 e. The van der Waals surface area contributed by atoms with Gasteiger partial charge in [0.25, 0.3) is 0 Å². The van der Waals surface area contributed by atoms with Crippen LogP contribution in [-0.2, 0) is 9.53 Å². The molecule has 0 saturated carbocycles. The van der Waals surface area contributed by atoms with Crippen molar-refractivity contribution in [3.8, 4) is 0 Å². The molecule has 0 aromatic heterocycles. The van der Waals surface area contributed by atoms with Crippen molar-refractivity contribution >= 4 is 18.3 Å². The Labute approximate surface area is 135 Å². The average Bonchev–Trinajstić information content (AvgIpc) is 2.52. The summed E-state index contributed by atoms with van der Waals surface area (Å²) in [4.78, 5) is 12.1. The average molecular weight is 319 g/mol. The van der Waals surface area contributed by atoms with Gasteiger partial charge in [-0.1, -0.05) is 6.92 Å². The van der Waals surface area contributed by atoms with Crippen LogP contribution in [0.3, 0.4) is 0 Å². The number of carbonyl (C=O) groups excluding carboxylic acids is 1. The van der Waals surface area contributed by atoms with E-state index in [-0.39, 0.29) is 18.3 Å². The third kappa shape index (κ3) is 6.54. The molecule has 0 bridgehead atoms. The molecule has 0 radical (unpaired) electrons. The van der Waals surface area contributed by atoms with Crippen LogP contribution in [0.5, 0.6) is 0 Å². The van der Waals surface area contributed by atoms with Crippen molar-refractivity contribution in [2.75, 3.05) is 26.3 Å². The van der Waals surface area contributed by atoms with Gasteiger partial charge in [-0.2, -0.15) is 0 Å². The van der Waals surface area contributed by atoms with Crippen molar-refractivity contribution in [2.24, 2.45) is 11.8 Å². The van der Waals surface area contributed by atoms with Gasteiger partial charge in [0.15, 0.2) is 0 Å². The van der Waals surface area contributed by atoms with E-state index in [0.29, 0.717) is 18.4 Å². The van der Waals surface area contributed by atoms with Crippen molar-refractivity contribution in [2.45, 2.75) is 57.9 Å². The van der Waals surface area contributed by atoms with E-state index in [0.717, 1.165) is 57.9 Å². The van der Waals surface area contributed by atoms with Crippen molar-refractivity contribution in [1.29, 1.82) is 0 Å². The van der Waals surface area contributed by atoms with E-state index in [9.17, 15) is 4.79 Å². The summed E-state index contributed by atoms with van der Waals surface area (Å²) >= 11 is 0. The summed E-state index contributed by atoms with van der Waals surface area (Å²) in [7, 11) is 0. The summed E-state index contributed by atoms with van der Waals surface area (Å²) < 4.78 is 5.41. The fraction of sp³-hybridized carbons (Fsp3) is 0.938. The van der Waals surface area contributed by atoms with Crippen molar-refractivity contribution in [3.05, 3.63) is 0 Å². The minimum absolute atomic E-state index is 0. The molecule has 2 aliphatic rings. The maximum atomic E-state index is 12.1.